The van der Waals surface area contributed by atoms with Gasteiger partial charge in [-0.25, -0.2) is 0 Å². The van der Waals surface area contributed by atoms with Crippen LogP contribution in [0.5, 0.6) is 0 Å². The van der Waals surface area contributed by atoms with Crippen molar-refractivity contribution in [2.45, 2.75) is 52.1 Å². The van der Waals surface area contributed by atoms with Crippen molar-refractivity contribution < 1.29 is 13.5 Å². The zero-order valence-corrected chi connectivity index (χ0v) is 17.8. The maximum Gasteiger partial charge on any atom is 0.253 e. The van der Waals surface area contributed by atoms with Crippen LogP contribution in [0.25, 0.3) is 22.7 Å². The molecule has 31 heavy (non-hydrogen) atoms. The van der Waals surface area contributed by atoms with Crippen molar-refractivity contribution >= 4 is 0 Å². The molecule has 0 radical (unpaired) electrons. The van der Waals surface area contributed by atoms with Crippen molar-refractivity contribution in [2.75, 3.05) is 6.54 Å². The number of rotatable bonds is 6. The summed E-state index contributed by atoms with van der Waals surface area (Å²) in [5, 5.41) is 17.0. The molecule has 0 bridgehead atoms. The minimum absolute atomic E-state index is 0.0869. The number of aryl methyl sites for hydroxylation is 1. The Morgan fingerprint density at radius 1 is 1.10 bits per heavy atom. The molecule has 160 valence electrons. The van der Waals surface area contributed by atoms with Crippen molar-refractivity contribution in [1.29, 1.82) is 0 Å². The second-order valence-electron chi connectivity index (χ2n) is 8.10. The molecule has 0 spiro atoms. The Hall–Kier alpha value is -3.33. The summed E-state index contributed by atoms with van der Waals surface area (Å²) in [6.07, 6.45) is 2.03. The first kappa shape index (κ1) is 19.6. The minimum Gasteiger partial charge on any atom is -0.419 e. The number of hydrogen-bond acceptors (Lipinski definition) is 9. The van der Waals surface area contributed by atoms with Gasteiger partial charge in [-0.1, -0.05) is 54.5 Å². The topological polar surface area (TPSA) is 107 Å². The summed E-state index contributed by atoms with van der Waals surface area (Å²) in [7, 11) is 0. The van der Waals surface area contributed by atoms with Crippen molar-refractivity contribution in [2.24, 2.45) is 0 Å². The molecule has 3 aromatic heterocycles. The lowest BCUT2D eigenvalue weighted by atomic mass is 10.1. The molecule has 1 fully saturated rings. The number of aromatic nitrogens is 5. The van der Waals surface area contributed by atoms with Crippen LogP contribution in [-0.4, -0.2) is 36.9 Å². The molecule has 1 aromatic carbocycles. The van der Waals surface area contributed by atoms with Crippen molar-refractivity contribution in [3.63, 3.8) is 0 Å². The third-order valence-corrected chi connectivity index (χ3v) is 5.54. The molecule has 0 N–H and O–H groups in total. The van der Waals surface area contributed by atoms with E-state index >= 15 is 0 Å². The van der Waals surface area contributed by atoms with E-state index < -0.39 is 0 Å². The van der Waals surface area contributed by atoms with E-state index in [9.17, 15) is 0 Å². The van der Waals surface area contributed by atoms with Crippen LogP contribution in [0, 0.1) is 6.92 Å². The third-order valence-electron chi connectivity index (χ3n) is 5.54. The van der Waals surface area contributed by atoms with Gasteiger partial charge in [0.1, 0.15) is 17.0 Å². The fourth-order valence-corrected chi connectivity index (χ4v) is 3.93. The highest BCUT2D eigenvalue weighted by Gasteiger charge is 2.32. The molecule has 1 saturated heterocycles. The Balaban J connectivity index is 1.38. The van der Waals surface area contributed by atoms with Crippen LogP contribution in [0.2, 0.25) is 0 Å². The van der Waals surface area contributed by atoms with Crippen molar-refractivity contribution in [3.8, 4) is 22.7 Å². The van der Waals surface area contributed by atoms with Gasteiger partial charge in [-0.2, -0.15) is 4.98 Å². The zero-order chi connectivity index (χ0) is 21.4. The minimum atomic E-state index is 0.0869. The van der Waals surface area contributed by atoms with E-state index in [1.165, 1.54) is 0 Å². The fraction of sp³-hybridized carbons (Fsp3) is 0.409. The van der Waals surface area contributed by atoms with Gasteiger partial charge in [-0.15, -0.1) is 10.2 Å². The van der Waals surface area contributed by atoms with Gasteiger partial charge in [0.2, 0.25) is 11.8 Å². The molecule has 0 saturated carbocycles. The average Bonchev–Trinajstić information content (AvgIpc) is 3.55. The monoisotopic (exact) mass is 420 g/mol. The van der Waals surface area contributed by atoms with Crippen LogP contribution >= 0.6 is 0 Å². The summed E-state index contributed by atoms with van der Waals surface area (Å²) in [6.45, 7) is 7.36. The van der Waals surface area contributed by atoms with E-state index in [2.05, 4.69) is 30.4 Å². The molecule has 1 atom stereocenters. The Kier molecular flexibility index (Phi) is 5.11. The summed E-state index contributed by atoms with van der Waals surface area (Å²) in [4.78, 5) is 6.83. The lowest BCUT2D eigenvalue weighted by Gasteiger charge is -2.19. The highest BCUT2D eigenvalue weighted by molar-refractivity contribution is 5.77. The molecular formula is C22H24N6O3. The molecule has 9 heteroatoms. The highest BCUT2D eigenvalue weighted by Crippen LogP contribution is 2.35. The van der Waals surface area contributed by atoms with Crippen molar-refractivity contribution in [1.82, 2.24) is 30.4 Å². The van der Waals surface area contributed by atoms with Crippen LogP contribution in [0.4, 0.5) is 0 Å². The highest BCUT2D eigenvalue weighted by atomic mass is 16.5. The maximum absolute atomic E-state index is 6.03. The van der Waals surface area contributed by atoms with Gasteiger partial charge in [0.05, 0.1) is 12.6 Å². The van der Waals surface area contributed by atoms with Gasteiger partial charge in [-0.3, -0.25) is 4.90 Å². The summed E-state index contributed by atoms with van der Waals surface area (Å²) in [6, 6.07) is 9.91. The molecule has 4 aromatic rings. The van der Waals surface area contributed by atoms with E-state index in [1.807, 2.05) is 51.1 Å². The first-order valence-electron chi connectivity index (χ1n) is 10.5. The molecule has 9 nitrogen and oxygen atoms in total. The Labute approximate surface area is 179 Å². The smallest absolute Gasteiger partial charge is 0.253 e. The van der Waals surface area contributed by atoms with Gasteiger partial charge in [0, 0.05) is 11.5 Å². The quantitative estimate of drug-likeness (QED) is 0.444. The Morgan fingerprint density at radius 3 is 2.71 bits per heavy atom. The summed E-state index contributed by atoms with van der Waals surface area (Å²) in [5.74, 6) is 3.18. The maximum atomic E-state index is 6.03. The van der Waals surface area contributed by atoms with Crippen LogP contribution in [0.3, 0.4) is 0 Å². The van der Waals surface area contributed by atoms with E-state index in [-0.39, 0.29) is 12.0 Å². The van der Waals surface area contributed by atoms with Gasteiger partial charge in [0.25, 0.3) is 5.89 Å². The van der Waals surface area contributed by atoms with Crippen LogP contribution < -0.4 is 0 Å². The largest absolute Gasteiger partial charge is 0.419 e. The number of likely N-dealkylation sites (tertiary alicyclic amines) is 1. The predicted molar refractivity (Wildman–Crippen MR) is 111 cm³/mol. The van der Waals surface area contributed by atoms with E-state index in [1.54, 1.807) is 0 Å². The molecule has 1 aliphatic rings. The fourth-order valence-electron chi connectivity index (χ4n) is 3.93. The van der Waals surface area contributed by atoms with E-state index in [0.29, 0.717) is 35.7 Å². The van der Waals surface area contributed by atoms with Crippen molar-refractivity contribution in [3.05, 3.63) is 53.7 Å². The molecule has 4 heterocycles. The van der Waals surface area contributed by atoms with Crippen LogP contribution in [-0.2, 0) is 6.54 Å². The standard InChI is InChI=1S/C22H24N6O3/c1-13(2)21-23-20(27-31-21)16-10-7-11-28(16)12-17-24-25-22(29-17)18-14(3)30-26-19(18)15-8-5-4-6-9-15/h4-6,8-9,13,16H,7,10-12H2,1-3H3. The first-order chi connectivity index (χ1) is 15.1. The van der Waals surface area contributed by atoms with Crippen LogP contribution in [0.15, 0.2) is 43.8 Å². The Bertz CT molecular complexity index is 1160. The Morgan fingerprint density at radius 2 is 1.94 bits per heavy atom. The summed E-state index contributed by atoms with van der Waals surface area (Å²) >= 11 is 0. The number of benzene rings is 1. The lowest BCUT2D eigenvalue weighted by Crippen LogP contribution is -2.23. The SMILES string of the molecule is Cc1onc(-c2ccccc2)c1-c1nnc(CN2CCCC2c2noc(C(C)C)n2)o1. The second kappa shape index (κ2) is 8.07. The van der Waals surface area contributed by atoms with Gasteiger partial charge < -0.3 is 13.5 Å². The van der Waals surface area contributed by atoms with E-state index in [0.717, 1.165) is 36.3 Å². The zero-order valence-electron chi connectivity index (χ0n) is 17.8. The van der Waals surface area contributed by atoms with Crippen LogP contribution in [0.1, 0.15) is 62.0 Å². The molecule has 0 aliphatic carbocycles. The first-order valence-corrected chi connectivity index (χ1v) is 10.5. The second-order valence-corrected chi connectivity index (χ2v) is 8.10. The normalized spacial score (nSPS) is 17.1. The molecule has 1 unspecified atom stereocenters. The molecule has 0 amide bonds. The molecule has 5 rings (SSSR count). The van der Waals surface area contributed by atoms with Gasteiger partial charge in [-0.05, 0) is 26.3 Å². The number of hydrogen-bond donors (Lipinski definition) is 0. The predicted octanol–water partition coefficient (Wildman–Crippen LogP) is 4.54. The summed E-state index contributed by atoms with van der Waals surface area (Å²) < 4.78 is 16.9. The van der Waals surface area contributed by atoms with E-state index in [4.69, 9.17) is 13.5 Å². The lowest BCUT2D eigenvalue weighted by molar-refractivity contribution is 0.212. The van der Waals surface area contributed by atoms with Gasteiger partial charge in [0.15, 0.2) is 5.82 Å². The number of nitrogens with zero attached hydrogens (tertiary/aromatic N) is 6. The van der Waals surface area contributed by atoms with Gasteiger partial charge >= 0.3 is 0 Å². The molecule has 1 aliphatic heterocycles. The third kappa shape index (κ3) is 3.76. The average molecular weight is 420 g/mol. The summed E-state index contributed by atoms with van der Waals surface area (Å²) in [5.41, 5.74) is 2.36. The molecular weight excluding hydrogens is 396 g/mol.